The third-order valence-electron chi connectivity index (χ3n) is 2.95. The van der Waals surface area contributed by atoms with Crippen molar-refractivity contribution >= 4 is 28.2 Å². The summed E-state index contributed by atoms with van der Waals surface area (Å²) in [5, 5.41) is 4.01. The highest BCUT2D eigenvalue weighted by atomic mass is 35.5. The second kappa shape index (κ2) is 4.49. The van der Waals surface area contributed by atoms with Gasteiger partial charge in [0, 0.05) is 12.7 Å². The topological polar surface area (TPSA) is 24.9 Å². The number of nitrogens with one attached hydrogen (secondary N) is 1. The third kappa shape index (κ3) is 1.84. The molecule has 4 heteroatoms. The molecule has 1 aromatic carbocycles. The Morgan fingerprint density at radius 3 is 2.71 bits per heavy atom. The van der Waals surface area contributed by atoms with Gasteiger partial charge in [0.05, 0.1) is 21.6 Å². The molecule has 0 bridgehead atoms. The minimum Gasteiger partial charge on any atom is -0.387 e. The largest absolute Gasteiger partial charge is 0.387 e. The Morgan fingerprint density at radius 1 is 1.41 bits per heavy atom. The van der Waals surface area contributed by atoms with Gasteiger partial charge in [-0.25, -0.2) is 4.39 Å². The number of nitrogens with zero attached hydrogens (tertiary/aromatic N) is 1. The molecule has 90 valence electrons. The van der Waals surface area contributed by atoms with Crippen LogP contribution in [0.1, 0.15) is 18.2 Å². The maximum atomic E-state index is 13.9. The summed E-state index contributed by atoms with van der Waals surface area (Å²) in [5.74, 6) is -0.295. The van der Waals surface area contributed by atoms with Crippen LogP contribution in [0.25, 0.3) is 10.9 Å². The second-order valence-electron chi connectivity index (χ2n) is 3.91. The van der Waals surface area contributed by atoms with Crippen molar-refractivity contribution in [3.05, 3.63) is 34.2 Å². The van der Waals surface area contributed by atoms with Crippen LogP contribution in [0, 0.1) is 12.7 Å². The van der Waals surface area contributed by atoms with E-state index in [4.69, 9.17) is 11.6 Å². The standard InChI is InChI=1S/C13H14ClFN2/c1-4-8-7(2)17-13-9(14)5-6-10(15)11(13)12(8)16-3/h5-6H,4H2,1-3H3,(H,16,17). The molecule has 17 heavy (non-hydrogen) atoms. The van der Waals surface area contributed by atoms with Crippen LogP contribution in [0.15, 0.2) is 12.1 Å². The van der Waals surface area contributed by atoms with Gasteiger partial charge in [0.2, 0.25) is 0 Å². The molecule has 0 aliphatic carbocycles. The first-order valence-corrected chi connectivity index (χ1v) is 5.92. The van der Waals surface area contributed by atoms with Gasteiger partial charge in [-0.2, -0.15) is 0 Å². The van der Waals surface area contributed by atoms with Crippen LogP contribution in [0.2, 0.25) is 5.02 Å². The second-order valence-corrected chi connectivity index (χ2v) is 4.31. The average molecular weight is 253 g/mol. The Hall–Kier alpha value is -1.35. The van der Waals surface area contributed by atoms with Crippen molar-refractivity contribution in [1.82, 2.24) is 4.98 Å². The number of aryl methyl sites for hydroxylation is 1. The third-order valence-corrected chi connectivity index (χ3v) is 3.25. The lowest BCUT2D eigenvalue weighted by Crippen LogP contribution is -2.02. The fraction of sp³-hybridized carbons (Fsp3) is 0.308. The molecule has 2 rings (SSSR count). The molecule has 0 fully saturated rings. The number of hydrogen-bond acceptors (Lipinski definition) is 2. The summed E-state index contributed by atoms with van der Waals surface area (Å²) in [6.45, 7) is 3.94. The molecule has 1 aromatic heterocycles. The maximum Gasteiger partial charge on any atom is 0.134 e. The highest BCUT2D eigenvalue weighted by Crippen LogP contribution is 2.34. The molecule has 0 atom stereocenters. The molecule has 1 heterocycles. The van der Waals surface area contributed by atoms with Crippen LogP contribution in [-0.2, 0) is 6.42 Å². The van der Waals surface area contributed by atoms with Crippen molar-refractivity contribution in [2.75, 3.05) is 12.4 Å². The Bertz CT molecular complexity index is 581. The van der Waals surface area contributed by atoms with Gasteiger partial charge in [0.25, 0.3) is 0 Å². The first kappa shape index (κ1) is 12.1. The van der Waals surface area contributed by atoms with Gasteiger partial charge in [-0.1, -0.05) is 18.5 Å². The first-order chi connectivity index (χ1) is 8.10. The van der Waals surface area contributed by atoms with E-state index in [-0.39, 0.29) is 5.82 Å². The minimum atomic E-state index is -0.295. The van der Waals surface area contributed by atoms with Crippen molar-refractivity contribution in [2.24, 2.45) is 0 Å². The number of anilines is 1. The normalized spacial score (nSPS) is 10.9. The summed E-state index contributed by atoms with van der Waals surface area (Å²) < 4.78 is 13.9. The number of pyridine rings is 1. The van der Waals surface area contributed by atoms with Gasteiger partial charge in [0.1, 0.15) is 5.82 Å². The van der Waals surface area contributed by atoms with Crippen molar-refractivity contribution < 1.29 is 4.39 Å². The van der Waals surface area contributed by atoms with Crippen molar-refractivity contribution in [1.29, 1.82) is 0 Å². The van der Waals surface area contributed by atoms with Crippen molar-refractivity contribution in [3.8, 4) is 0 Å². The Morgan fingerprint density at radius 2 is 2.12 bits per heavy atom. The zero-order valence-corrected chi connectivity index (χ0v) is 10.8. The van der Waals surface area contributed by atoms with Gasteiger partial charge in [-0.05, 0) is 31.0 Å². The lowest BCUT2D eigenvalue weighted by molar-refractivity contribution is 0.639. The highest BCUT2D eigenvalue weighted by molar-refractivity contribution is 6.35. The number of benzene rings is 1. The van der Waals surface area contributed by atoms with Crippen LogP contribution in [-0.4, -0.2) is 12.0 Å². The van der Waals surface area contributed by atoms with E-state index < -0.39 is 0 Å². The molecule has 0 unspecified atom stereocenters. The number of hydrogen-bond donors (Lipinski definition) is 1. The van der Waals surface area contributed by atoms with E-state index in [0.29, 0.717) is 15.9 Å². The summed E-state index contributed by atoms with van der Waals surface area (Å²) in [6, 6.07) is 2.92. The zero-order chi connectivity index (χ0) is 12.6. The number of aromatic nitrogens is 1. The van der Waals surface area contributed by atoms with Gasteiger partial charge in [-0.3, -0.25) is 4.98 Å². The molecular formula is C13H14ClFN2. The SMILES string of the molecule is CCc1c(C)nc2c(Cl)ccc(F)c2c1NC. The Labute approximate surface area is 105 Å². The van der Waals surface area contributed by atoms with E-state index >= 15 is 0 Å². The van der Waals surface area contributed by atoms with Gasteiger partial charge in [0.15, 0.2) is 0 Å². The Kier molecular flexibility index (Phi) is 3.20. The summed E-state index contributed by atoms with van der Waals surface area (Å²) in [6.07, 6.45) is 0.802. The summed E-state index contributed by atoms with van der Waals surface area (Å²) in [4.78, 5) is 4.40. The van der Waals surface area contributed by atoms with Crippen LogP contribution in [0.5, 0.6) is 0 Å². The lowest BCUT2D eigenvalue weighted by Gasteiger charge is -2.14. The predicted molar refractivity (Wildman–Crippen MR) is 70.4 cm³/mol. The zero-order valence-electron chi connectivity index (χ0n) is 10.1. The van der Waals surface area contributed by atoms with Gasteiger partial charge >= 0.3 is 0 Å². The molecule has 2 nitrogen and oxygen atoms in total. The lowest BCUT2D eigenvalue weighted by atomic mass is 10.0. The number of rotatable bonds is 2. The molecule has 0 saturated heterocycles. The minimum absolute atomic E-state index is 0.295. The van der Waals surface area contributed by atoms with E-state index in [0.717, 1.165) is 23.4 Å². The van der Waals surface area contributed by atoms with Crippen molar-refractivity contribution in [2.45, 2.75) is 20.3 Å². The average Bonchev–Trinajstić information content (AvgIpc) is 2.32. The van der Waals surface area contributed by atoms with E-state index in [1.807, 2.05) is 13.8 Å². The quantitative estimate of drug-likeness (QED) is 0.876. The molecule has 0 radical (unpaired) electrons. The molecule has 0 aliphatic heterocycles. The van der Waals surface area contributed by atoms with Crippen molar-refractivity contribution in [3.63, 3.8) is 0 Å². The summed E-state index contributed by atoms with van der Waals surface area (Å²) >= 11 is 6.07. The van der Waals surface area contributed by atoms with Crippen LogP contribution in [0.4, 0.5) is 10.1 Å². The molecule has 2 aromatic rings. The number of fused-ring (bicyclic) bond motifs is 1. The van der Waals surface area contributed by atoms with Gasteiger partial charge in [-0.15, -0.1) is 0 Å². The number of halogens is 2. The smallest absolute Gasteiger partial charge is 0.134 e. The first-order valence-electron chi connectivity index (χ1n) is 5.55. The van der Waals surface area contributed by atoms with Crippen LogP contribution >= 0.6 is 11.6 Å². The van der Waals surface area contributed by atoms with Crippen LogP contribution < -0.4 is 5.32 Å². The van der Waals surface area contributed by atoms with E-state index in [2.05, 4.69) is 10.3 Å². The summed E-state index contributed by atoms with van der Waals surface area (Å²) in [7, 11) is 1.79. The molecular weight excluding hydrogens is 239 g/mol. The van der Waals surface area contributed by atoms with E-state index in [1.54, 1.807) is 7.05 Å². The molecule has 0 spiro atoms. The predicted octanol–water partition coefficient (Wildman–Crippen LogP) is 3.94. The molecule has 1 N–H and O–H groups in total. The molecule has 0 saturated carbocycles. The fourth-order valence-electron chi connectivity index (χ4n) is 2.16. The Balaban J connectivity index is 2.98. The fourth-order valence-corrected chi connectivity index (χ4v) is 2.36. The highest BCUT2D eigenvalue weighted by Gasteiger charge is 2.15. The maximum absolute atomic E-state index is 13.9. The monoisotopic (exact) mass is 252 g/mol. The van der Waals surface area contributed by atoms with Gasteiger partial charge < -0.3 is 5.32 Å². The van der Waals surface area contributed by atoms with Crippen LogP contribution in [0.3, 0.4) is 0 Å². The summed E-state index contributed by atoms with van der Waals surface area (Å²) in [5.41, 5.74) is 3.22. The molecule has 0 amide bonds. The van der Waals surface area contributed by atoms with E-state index in [1.165, 1.54) is 12.1 Å². The molecule has 0 aliphatic rings. The van der Waals surface area contributed by atoms with E-state index in [9.17, 15) is 4.39 Å².